The highest BCUT2D eigenvalue weighted by Crippen LogP contribution is 2.32. The van der Waals surface area contributed by atoms with E-state index in [0.29, 0.717) is 22.7 Å². The van der Waals surface area contributed by atoms with Crippen LogP contribution in [0.25, 0.3) is 0 Å². The van der Waals surface area contributed by atoms with Gasteiger partial charge in [-0.05, 0) is 49.8 Å². The highest BCUT2D eigenvalue weighted by atomic mass is 16.5. The second-order valence-electron chi connectivity index (χ2n) is 7.09. The zero-order chi connectivity index (χ0) is 18.5. The van der Waals surface area contributed by atoms with Gasteiger partial charge in [0.15, 0.2) is 0 Å². The maximum absolute atomic E-state index is 12.7. The molecule has 2 aliphatic rings. The SMILES string of the molecule is CCC(CC1=CCCC=C1)Oc1cc(C(=O)N2CCCC2)cc(N)c1N. The summed E-state index contributed by atoms with van der Waals surface area (Å²) in [5, 5.41) is 0. The molecule has 1 aliphatic carbocycles. The standard InChI is InChI=1S/C21H29N3O2/c1-2-17(12-15-8-4-3-5-9-15)26-19-14-16(13-18(22)20(19)23)21(25)24-10-6-7-11-24/h4,8-9,13-14,17H,2-3,5-7,10-12,22-23H2,1H3. The van der Waals surface area contributed by atoms with E-state index in [9.17, 15) is 4.79 Å². The van der Waals surface area contributed by atoms with Gasteiger partial charge in [-0.1, -0.05) is 25.2 Å². The van der Waals surface area contributed by atoms with Gasteiger partial charge in [-0.3, -0.25) is 4.79 Å². The van der Waals surface area contributed by atoms with Crippen LogP contribution in [-0.2, 0) is 0 Å². The molecule has 1 atom stereocenters. The number of anilines is 2. The van der Waals surface area contributed by atoms with Gasteiger partial charge in [-0.15, -0.1) is 0 Å². The number of nitrogens with two attached hydrogens (primary N) is 2. The minimum atomic E-state index is 0.00263. The van der Waals surface area contributed by atoms with Gasteiger partial charge >= 0.3 is 0 Å². The normalized spacial score (nSPS) is 17.9. The molecule has 1 heterocycles. The lowest BCUT2D eigenvalue weighted by Crippen LogP contribution is -2.28. The molecular weight excluding hydrogens is 326 g/mol. The van der Waals surface area contributed by atoms with Crippen LogP contribution in [-0.4, -0.2) is 30.0 Å². The van der Waals surface area contributed by atoms with Gasteiger partial charge in [-0.25, -0.2) is 0 Å². The molecule has 0 spiro atoms. The Hall–Kier alpha value is -2.43. The minimum Gasteiger partial charge on any atom is -0.488 e. The number of ether oxygens (including phenoxy) is 1. The first-order valence-electron chi connectivity index (χ1n) is 9.59. The Morgan fingerprint density at radius 1 is 1.23 bits per heavy atom. The maximum Gasteiger partial charge on any atom is 0.254 e. The minimum absolute atomic E-state index is 0.00263. The summed E-state index contributed by atoms with van der Waals surface area (Å²) in [6.07, 6.45) is 12.6. The van der Waals surface area contributed by atoms with Gasteiger partial charge in [0.2, 0.25) is 0 Å². The molecule has 0 radical (unpaired) electrons. The summed E-state index contributed by atoms with van der Waals surface area (Å²) in [5.74, 6) is 0.518. The van der Waals surface area contributed by atoms with Crippen molar-refractivity contribution in [1.29, 1.82) is 0 Å². The number of carbonyl (C=O) groups excluding carboxylic acids is 1. The molecule has 1 amide bonds. The van der Waals surface area contributed by atoms with Crippen LogP contribution < -0.4 is 16.2 Å². The topological polar surface area (TPSA) is 81.6 Å². The molecule has 1 aromatic rings. The van der Waals surface area contributed by atoms with E-state index in [2.05, 4.69) is 25.2 Å². The highest BCUT2D eigenvalue weighted by molar-refractivity contribution is 5.97. The van der Waals surface area contributed by atoms with Crippen molar-refractivity contribution in [2.24, 2.45) is 0 Å². The second kappa shape index (κ2) is 8.30. The number of rotatable bonds is 6. The first-order chi connectivity index (χ1) is 12.6. The molecule has 1 fully saturated rings. The third-order valence-corrected chi connectivity index (χ3v) is 5.10. The summed E-state index contributed by atoms with van der Waals surface area (Å²) in [6.45, 7) is 3.70. The fourth-order valence-corrected chi connectivity index (χ4v) is 3.50. The Bertz CT molecular complexity index is 718. The molecule has 1 aliphatic heterocycles. The summed E-state index contributed by atoms with van der Waals surface area (Å²) >= 11 is 0. The fourth-order valence-electron chi connectivity index (χ4n) is 3.50. The monoisotopic (exact) mass is 355 g/mol. The van der Waals surface area contributed by atoms with Crippen LogP contribution >= 0.6 is 0 Å². The van der Waals surface area contributed by atoms with Crippen molar-refractivity contribution in [2.45, 2.75) is 51.6 Å². The Morgan fingerprint density at radius 3 is 2.65 bits per heavy atom. The lowest BCUT2D eigenvalue weighted by atomic mass is 10.00. The van der Waals surface area contributed by atoms with E-state index in [0.717, 1.165) is 51.6 Å². The van der Waals surface area contributed by atoms with Gasteiger partial charge < -0.3 is 21.1 Å². The smallest absolute Gasteiger partial charge is 0.254 e. The van der Waals surface area contributed by atoms with Crippen LogP contribution in [0, 0.1) is 0 Å². The predicted molar refractivity (Wildman–Crippen MR) is 106 cm³/mol. The van der Waals surface area contributed by atoms with Crippen LogP contribution in [0.5, 0.6) is 5.75 Å². The van der Waals surface area contributed by atoms with Crippen LogP contribution in [0.1, 0.15) is 55.8 Å². The van der Waals surface area contributed by atoms with E-state index < -0.39 is 0 Å². The molecule has 0 aromatic heterocycles. The van der Waals surface area contributed by atoms with E-state index >= 15 is 0 Å². The molecule has 0 saturated carbocycles. The number of amides is 1. The van der Waals surface area contributed by atoms with Crippen molar-refractivity contribution in [3.8, 4) is 5.75 Å². The van der Waals surface area contributed by atoms with Gasteiger partial charge in [0.1, 0.15) is 11.9 Å². The van der Waals surface area contributed by atoms with E-state index in [1.165, 1.54) is 5.57 Å². The molecule has 1 unspecified atom stereocenters. The number of hydrogen-bond acceptors (Lipinski definition) is 4. The average molecular weight is 355 g/mol. The zero-order valence-corrected chi connectivity index (χ0v) is 15.5. The van der Waals surface area contributed by atoms with Crippen LogP contribution in [0.4, 0.5) is 11.4 Å². The molecular formula is C21H29N3O2. The molecule has 5 nitrogen and oxygen atoms in total. The Kier molecular flexibility index (Phi) is 5.86. The number of carbonyl (C=O) groups is 1. The predicted octanol–water partition coefficient (Wildman–Crippen LogP) is 3.91. The molecule has 1 saturated heterocycles. The zero-order valence-electron chi connectivity index (χ0n) is 15.5. The molecule has 1 aromatic carbocycles. The van der Waals surface area contributed by atoms with E-state index in [1.54, 1.807) is 12.1 Å². The van der Waals surface area contributed by atoms with Crippen LogP contribution in [0.3, 0.4) is 0 Å². The van der Waals surface area contributed by atoms with Crippen molar-refractivity contribution in [2.75, 3.05) is 24.6 Å². The molecule has 5 heteroatoms. The van der Waals surface area contributed by atoms with Crippen molar-refractivity contribution < 1.29 is 9.53 Å². The summed E-state index contributed by atoms with van der Waals surface area (Å²) in [5.41, 5.74) is 14.9. The van der Waals surface area contributed by atoms with E-state index in [1.807, 2.05) is 4.90 Å². The molecule has 140 valence electrons. The van der Waals surface area contributed by atoms with Crippen molar-refractivity contribution >= 4 is 17.3 Å². The van der Waals surface area contributed by atoms with Crippen LogP contribution in [0.2, 0.25) is 0 Å². The summed E-state index contributed by atoms with van der Waals surface area (Å²) in [4.78, 5) is 14.6. The van der Waals surface area contributed by atoms with E-state index in [4.69, 9.17) is 16.2 Å². The summed E-state index contributed by atoms with van der Waals surface area (Å²) in [6, 6.07) is 3.41. The number of nitrogen functional groups attached to an aromatic ring is 2. The average Bonchev–Trinajstić information content (AvgIpc) is 3.19. The number of hydrogen-bond donors (Lipinski definition) is 2. The fraction of sp³-hybridized carbons (Fsp3) is 0.476. The number of allylic oxidation sites excluding steroid dienone is 3. The number of benzene rings is 1. The third kappa shape index (κ3) is 4.21. The Balaban J connectivity index is 1.78. The lowest BCUT2D eigenvalue weighted by molar-refractivity contribution is 0.0792. The molecule has 3 rings (SSSR count). The quantitative estimate of drug-likeness (QED) is 0.758. The van der Waals surface area contributed by atoms with Crippen LogP contribution in [0.15, 0.2) is 35.9 Å². The first-order valence-corrected chi connectivity index (χ1v) is 9.59. The largest absolute Gasteiger partial charge is 0.488 e. The van der Waals surface area contributed by atoms with Gasteiger partial charge in [0.05, 0.1) is 11.4 Å². The lowest BCUT2D eigenvalue weighted by Gasteiger charge is -2.22. The van der Waals surface area contributed by atoms with Crippen molar-refractivity contribution in [3.63, 3.8) is 0 Å². The van der Waals surface area contributed by atoms with E-state index in [-0.39, 0.29) is 12.0 Å². The van der Waals surface area contributed by atoms with Crippen molar-refractivity contribution in [3.05, 3.63) is 41.5 Å². The Morgan fingerprint density at radius 2 is 2.00 bits per heavy atom. The van der Waals surface area contributed by atoms with Gasteiger partial charge in [0.25, 0.3) is 5.91 Å². The number of nitrogens with zero attached hydrogens (tertiary/aromatic N) is 1. The van der Waals surface area contributed by atoms with Gasteiger partial charge in [0, 0.05) is 25.1 Å². The maximum atomic E-state index is 12.7. The molecule has 4 N–H and O–H groups in total. The molecule has 26 heavy (non-hydrogen) atoms. The van der Waals surface area contributed by atoms with Gasteiger partial charge in [-0.2, -0.15) is 0 Å². The molecule has 0 bridgehead atoms. The second-order valence-corrected chi connectivity index (χ2v) is 7.09. The highest BCUT2D eigenvalue weighted by Gasteiger charge is 2.22. The Labute approximate surface area is 155 Å². The number of likely N-dealkylation sites (tertiary alicyclic amines) is 1. The van der Waals surface area contributed by atoms with Crippen molar-refractivity contribution in [1.82, 2.24) is 4.90 Å². The summed E-state index contributed by atoms with van der Waals surface area (Å²) in [7, 11) is 0. The third-order valence-electron chi connectivity index (χ3n) is 5.10. The first kappa shape index (κ1) is 18.4. The summed E-state index contributed by atoms with van der Waals surface area (Å²) < 4.78 is 6.18.